The zero-order chi connectivity index (χ0) is 10.7. The average molecular weight is 224 g/mol. The summed E-state index contributed by atoms with van der Waals surface area (Å²) >= 11 is 1.92. The molecule has 2 unspecified atom stereocenters. The summed E-state index contributed by atoms with van der Waals surface area (Å²) in [7, 11) is 0. The Kier molecular flexibility index (Phi) is 3.78. The van der Waals surface area contributed by atoms with Gasteiger partial charge in [0.1, 0.15) is 0 Å². The van der Waals surface area contributed by atoms with E-state index in [0.29, 0.717) is 12.1 Å². The molecule has 1 saturated heterocycles. The van der Waals surface area contributed by atoms with E-state index in [1.54, 1.807) is 0 Å². The van der Waals surface area contributed by atoms with Crippen LogP contribution in [-0.4, -0.2) is 25.2 Å². The highest BCUT2D eigenvalue weighted by molar-refractivity contribution is 7.11. The van der Waals surface area contributed by atoms with Crippen LogP contribution in [0.15, 0.2) is 12.1 Å². The maximum absolute atomic E-state index is 3.68. The molecule has 2 nitrogen and oxygen atoms in total. The number of hydrogen-bond acceptors (Lipinski definition) is 3. The molecule has 1 aromatic rings. The second kappa shape index (κ2) is 5.10. The van der Waals surface area contributed by atoms with Crippen molar-refractivity contribution in [2.45, 2.75) is 38.8 Å². The fourth-order valence-electron chi connectivity index (χ4n) is 2.15. The predicted octanol–water partition coefficient (Wildman–Crippen LogP) is 1.94. The molecule has 1 aliphatic heterocycles. The van der Waals surface area contributed by atoms with Crippen LogP contribution in [0.4, 0.5) is 0 Å². The van der Waals surface area contributed by atoms with Crippen LogP contribution in [0.25, 0.3) is 0 Å². The Labute approximate surface area is 96.1 Å². The first kappa shape index (κ1) is 11.1. The Balaban J connectivity index is 1.78. The monoisotopic (exact) mass is 224 g/mol. The van der Waals surface area contributed by atoms with Crippen molar-refractivity contribution < 1.29 is 0 Å². The van der Waals surface area contributed by atoms with Crippen molar-refractivity contribution >= 4 is 11.3 Å². The highest BCUT2D eigenvalue weighted by Gasteiger charge is 2.16. The van der Waals surface area contributed by atoms with E-state index in [0.717, 1.165) is 13.0 Å². The summed E-state index contributed by atoms with van der Waals surface area (Å²) in [5.41, 5.74) is 0. The van der Waals surface area contributed by atoms with Gasteiger partial charge < -0.3 is 10.6 Å². The molecule has 2 rings (SSSR count). The van der Waals surface area contributed by atoms with Crippen LogP contribution in [0, 0.1) is 6.92 Å². The fourth-order valence-corrected chi connectivity index (χ4v) is 3.17. The number of thiophene rings is 1. The number of hydrogen-bond donors (Lipinski definition) is 2. The molecule has 0 aliphatic carbocycles. The van der Waals surface area contributed by atoms with E-state index in [2.05, 4.69) is 36.6 Å². The summed E-state index contributed by atoms with van der Waals surface area (Å²) in [6, 6.07) is 5.74. The molecule has 0 radical (unpaired) electrons. The highest BCUT2D eigenvalue weighted by Crippen LogP contribution is 2.17. The van der Waals surface area contributed by atoms with Crippen LogP contribution >= 0.6 is 11.3 Å². The first-order valence-corrected chi connectivity index (χ1v) is 6.58. The lowest BCUT2D eigenvalue weighted by atomic mass is 10.1. The van der Waals surface area contributed by atoms with Crippen molar-refractivity contribution in [2.24, 2.45) is 0 Å². The molecule has 0 saturated carbocycles. The van der Waals surface area contributed by atoms with Gasteiger partial charge in [-0.05, 0) is 45.4 Å². The van der Waals surface area contributed by atoms with Gasteiger partial charge in [-0.3, -0.25) is 0 Å². The van der Waals surface area contributed by atoms with Crippen LogP contribution in [0.1, 0.15) is 23.1 Å². The lowest BCUT2D eigenvalue weighted by Gasteiger charge is -2.17. The molecule has 1 aromatic heterocycles. The van der Waals surface area contributed by atoms with Crippen molar-refractivity contribution in [3.63, 3.8) is 0 Å². The van der Waals surface area contributed by atoms with Crippen LogP contribution < -0.4 is 10.6 Å². The van der Waals surface area contributed by atoms with Crippen molar-refractivity contribution in [3.05, 3.63) is 21.9 Å². The van der Waals surface area contributed by atoms with E-state index < -0.39 is 0 Å². The Hall–Kier alpha value is -0.380. The van der Waals surface area contributed by atoms with Gasteiger partial charge in [0.15, 0.2) is 0 Å². The van der Waals surface area contributed by atoms with E-state index in [9.17, 15) is 0 Å². The van der Waals surface area contributed by atoms with E-state index in [1.807, 2.05) is 11.3 Å². The molecular formula is C12H20N2S. The molecule has 0 aromatic carbocycles. The number of nitrogens with one attached hydrogen (secondary N) is 2. The van der Waals surface area contributed by atoms with Crippen LogP contribution in [0.3, 0.4) is 0 Å². The Morgan fingerprint density at radius 3 is 3.07 bits per heavy atom. The number of aryl methyl sites for hydroxylation is 1. The first-order chi connectivity index (χ1) is 7.24. The molecule has 2 heterocycles. The predicted molar refractivity (Wildman–Crippen MR) is 66.6 cm³/mol. The third kappa shape index (κ3) is 3.30. The maximum atomic E-state index is 3.68. The quantitative estimate of drug-likeness (QED) is 0.817. The third-order valence-electron chi connectivity index (χ3n) is 2.88. The topological polar surface area (TPSA) is 24.1 Å². The molecule has 3 heteroatoms. The Morgan fingerprint density at radius 1 is 1.60 bits per heavy atom. The van der Waals surface area contributed by atoms with Gasteiger partial charge in [0.2, 0.25) is 0 Å². The van der Waals surface area contributed by atoms with Gasteiger partial charge in [0.05, 0.1) is 0 Å². The maximum Gasteiger partial charge on any atom is 0.0207 e. The summed E-state index contributed by atoms with van der Waals surface area (Å²) in [5, 5.41) is 7.07. The lowest BCUT2D eigenvalue weighted by molar-refractivity contribution is 0.465. The minimum absolute atomic E-state index is 0.591. The van der Waals surface area contributed by atoms with E-state index >= 15 is 0 Å². The van der Waals surface area contributed by atoms with Gasteiger partial charge in [-0.25, -0.2) is 0 Å². The van der Waals surface area contributed by atoms with Crippen molar-refractivity contribution in [1.82, 2.24) is 10.6 Å². The van der Waals surface area contributed by atoms with Crippen LogP contribution in [-0.2, 0) is 6.42 Å². The summed E-state index contributed by atoms with van der Waals surface area (Å²) in [4.78, 5) is 2.91. The molecule has 0 amide bonds. The number of rotatable bonds is 4. The van der Waals surface area contributed by atoms with Gasteiger partial charge in [0.25, 0.3) is 0 Å². The lowest BCUT2D eigenvalue weighted by Crippen LogP contribution is -2.38. The zero-order valence-corrected chi connectivity index (χ0v) is 10.4. The summed E-state index contributed by atoms with van der Waals surface area (Å²) in [5.74, 6) is 0. The smallest absolute Gasteiger partial charge is 0.0207 e. The molecule has 0 spiro atoms. The second-order valence-corrected chi connectivity index (χ2v) is 5.85. The molecule has 1 fully saturated rings. The van der Waals surface area contributed by atoms with Crippen LogP contribution in [0.5, 0.6) is 0 Å². The van der Waals surface area contributed by atoms with Crippen molar-refractivity contribution in [2.75, 3.05) is 13.1 Å². The average Bonchev–Trinajstić information content (AvgIpc) is 2.77. The Morgan fingerprint density at radius 2 is 2.47 bits per heavy atom. The first-order valence-electron chi connectivity index (χ1n) is 5.76. The highest BCUT2D eigenvalue weighted by atomic mass is 32.1. The minimum atomic E-state index is 0.591. The summed E-state index contributed by atoms with van der Waals surface area (Å²) in [6.45, 7) is 6.76. The Bertz CT molecular complexity index is 302. The molecule has 1 aliphatic rings. The normalized spacial score (nSPS) is 23.2. The standard InChI is InChI=1S/C12H20N2S/c1-9(14-11-5-6-13-8-11)7-12-4-3-10(2)15-12/h3-4,9,11,13-14H,5-8H2,1-2H3. The van der Waals surface area contributed by atoms with Gasteiger partial charge >= 0.3 is 0 Å². The van der Waals surface area contributed by atoms with E-state index in [-0.39, 0.29) is 0 Å². The third-order valence-corrected chi connectivity index (χ3v) is 3.91. The largest absolute Gasteiger partial charge is 0.315 e. The van der Waals surface area contributed by atoms with Gasteiger partial charge in [-0.1, -0.05) is 0 Å². The van der Waals surface area contributed by atoms with Gasteiger partial charge in [0, 0.05) is 28.4 Å². The molecule has 2 N–H and O–H groups in total. The summed E-state index contributed by atoms with van der Waals surface area (Å²) in [6.07, 6.45) is 2.43. The molecular weight excluding hydrogens is 204 g/mol. The molecule has 0 bridgehead atoms. The second-order valence-electron chi connectivity index (χ2n) is 4.47. The molecule has 84 valence electrons. The summed E-state index contributed by atoms with van der Waals surface area (Å²) < 4.78 is 0. The van der Waals surface area contributed by atoms with E-state index in [1.165, 1.54) is 22.7 Å². The van der Waals surface area contributed by atoms with Gasteiger partial charge in [-0.15, -0.1) is 11.3 Å². The minimum Gasteiger partial charge on any atom is -0.315 e. The van der Waals surface area contributed by atoms with Gasteiger partial charge in [-0.2, -0.15) is 0 Å². The van der Waals surface area contributed by atoms with Crippen molar-refractivity contribution in [1.29, 1.82) is 0 Å². The molecule has 2 atom stereocenters. The SMILES string of the molecule is Cc1ccc(CC(C)NC2CCNC2)s1. The fraction of sp³-hybridized carbons (Fsp3) is 0.667. The van der Waals surface area contributed by atoms with E-state index in [4.69, 9.17) is 0 Å². The van der Waals surface area contributed by atoms with Crippen LogP contribution in [0.2, 0.25) is 0 Å². The molecule has 15 heavy (non-hydrogen) atoms. The zero-order valence-electron chi connectivity index (χ0n) is 9.55. The van der Waals surface area contributed by atoms with Crippen molar-refractivity contribution in [3.8, 4) is 0 Å².